The van der Waals surface area contributed by atoms with Gasteiger partial charge >= 0.3 is 0 Å². The van der Waals surface area contributed by atoms with Crippen LogP contribution in [-0.2, 0) is 16.0 Å². The summed E-state index contributed by atoms with van der Waals surface area (Å²) in [5, 5.41) is 4.01. The molecule has 29 heavy (non-hydrogen) atoms. The van der Waals surface area contributed by atoms with Crippen molar-refractivity contribution in [3.8, 4) is 0 Å². The molecule has 0 fully saturated rings. The molecule has 0 saturated heterocycles. The third-order valence-corrected chi connectivity index (χ3v) is 5.13. The fourth-order valence-electron chi connectivity index (χ4n) is 3.72. The van der Waals surface area contributed by atoms with Crippen LogP contribution in [0.5, 0.6) is 0 Å². The highest BCUT2D eigenvalue weighted by Crippen LogP contribution is 2.25. The van der Waals surface area contributed by atoms with E-state index in [0.29, 0.717) is 6.42 Å². The SMILES string of the molecule is O=C[C@H](Cc1c[nH]c2ccccc12)NC(=O)C(c1ccccc1)c1ccccc1. The number of nitrogens with one attached hydrogen (secondary N) is 2. The van der Waals surface area contributed by atoms with Gasteiger partial charge in [0.15, 0.2) is 0 Å². The van der Waals surface area contributed by atoms with E-state index in [2.05, 4.69) is 10.3 Å². The highest BCUT2D eigenvalue weighted by atomic mass is 16.2. The van der Waals surface area contributed by atoms with Gasteiger partial charge in [-0.2, -0.15) is 0 Å². The van der Waals surface area contributed by atoms with Crippen molar-refractivity contribution >= 4 is 23.1 Å². The predicted molar refractivity (Wildman–Crippen MR) is 115 cm³/mol. The Morgan fingerprint density at radius 3 is 2.07 bits per heavy atom. The molecule has 1 amide bonds. The first kappa shape index (κ1) is 18.7. The van der Waals surface area contributed by atoms with E-state index < -0.39 is 12.0 Å². The van der Waals surface area contributed by atoms with E-state index in [4.69, 9.17) is 0 Å². The van der Waals surface area contributed by atoms with Crippen LogP contribution >= 0.6 is 0 Å². The first-order valence-corrected chi connectivity index (χ1v) is 9.67. The lowest BCUT2D eigenvalue weighted by atomic mass is 9.90. The van der Waals surface area contributed by atoms with Crippen LogP contribution in [0.2, 0.25) is 0 Å². The summed E-state index contributed by atoms with van der Waals surface area (Å²) in [6.07, 6.45) is 3.15. The third kappa shape index (κ3) is 4.11. The van der Waals surface area contributed by atoms with Crippen molar-refractivity contribution in [2.45, 2.75) is 18.4 Å². The van der Waals surface area contributed by atoms with Gasteiger partial charge in [-0.25, -0.2) is 0 Å². The molecule has 4 rings (SSSR count). The lowest BCUT2D eigenvalue weighted by molar-refractivity contribution is -0.124. The van der Waals surface area contributed by atoms with Gasteiger partial charge in [-0.05, 0) is 22.8 Å². The number of H-pyrrole nitrogens is 1. The van der Waals surface area contributed by atoms with Crippen molar-refractivity contribution in [2.75, 3.05) is 0 Å². The van der Waals surface area contributed by atoms with Gasteiger partial charge in [0.25, 0.3) is 0 Å². The van der Waals surface area contributed by atoms with E-state index >= 15 is 0 Å². The van der Waals surface area contributed by atoms with Gasteiger partial charge in [-0.15, -0.1) is 0 Å². The second-order valence-corrected chi connectivity index (χ2v) is 7.07. The number of rotatable bonds is 7. The number of carbonyl (C=O) groups is 2. The zero-order chi connectivity index (χ0) is 20.1. The quantitative estimate of drug-likeness (QED) is 0.470. The summed E-state index contributed by atoms with van der Waals surface area (Å²) in [6.45, 7) is 0. The molecule has 0 unspecified atom stereocenters. The number of carbonyl (C=O) groups excluding carboxylic acids is 2. The number of aromatic nitrogens is 1. The van der Waals surface area contributed by atoms with Crippen molar-refractivity contribution in [2.24, 2.45) is 0 Å². The number of para-hydroxylation sites is 1. The normalized spacial score (nSPS) is 12.0. The molecule has 2 N–H and O–H groups in total. The van der Waals surface area contributed by atoms with Crippen LogP contribution in [0.1, 0.15) is 22.6 Å². The van der Waals surface area contributed by atoms with Crippen molar-refractivity contribution in [3.63, 3.8) is 0 Å². The summed E-state index contributed by atoms with van der Waals surface area (Å²) in [6, 6.07) is 26.6. The zero-order valence-electron chi connectivity index (χ0n) is 15.9. The number of amides is 1. The Morgan fingerprint density at radius 2 is 1.45 bits per heavy atom. The Bertz CT molecular complexity index is 1060. The first-order valence-electron chi connectivity index (χ1n) is 9.67. The highest BCUT2D eigenvalue weighted by Gasteiger charge is 2.25. The summed E-state index contributed by atoms with van der Waals surface area (Å²) < 4.78 is 0. The fourth-order valence-corrected chi connectivity index (χ4v) is 3.72. The van der Waals surface area contributed by atoms with Crippen molar-refractivity contribution < 1.29 is 9.59 Å². The molecule has 0 radical (unpaired) electrons. The molecule has 1 aromatic heterocycles. The molecule has 0 bridgehead atoms. The molecule has 0 spiro atoms. The minimum absolute atomic E-state index is 0.181. The van der Waals surface area contributed by atoms with Gasteiger partial charge < -0.3 is 15.1 Å². The van der Waals surface area contributed by atoms with E-state index in [1.54, 1.807) is 0 Å². The summed E-state index contributed by atoms with van der Waals surface area (Å²) in [7, 11) is 0. The van der Waals surface area contributed by atoms with Crippen molar-refractivity contribution in [1.82, 2.24) is 10.3 Å². The molecule has 0 aliphatic rings. The van der Waals surface area contributed by atoms with E-state index in [1.165, 1.54) is 0 Å². The van der Waals surface area contributed by atoms with Gasteiger partial charge in [0, 0.05) is 23.5 Å². The van der Waals surface area contributed by atoms with E-state index in [0.717, 1.165) is 33.9 Å². The maximum Gasteiger partial charge on any atom is 0.232 e. The number of aromatic amines is 1. The zero-order valence-corrected chi connectivity index (χ0v) is 15.9. The Kier molecular flexibility index (Phi) is 5.52. The fraction of sp³-hybridized carbons (Fsp3) is 0.120. The summed E-state index contributed by atoms with van der Waals surface area (Å²) in [5.74, 6) is -0.651. The van der Waals surface area contributed by atoms with Crippen LogP contribution < -0.4 is 5.32 Å². The molecule has 1 atom stereocenters. The van der Waals surface area contributed by atoms with Crippen molar-refractivity contribution in [3.05, 3.63) is 108 Å². The van der Waals surface area contributed by atoms with Gasteiger partial charge in [0.1, 0.15) is 6.29 Å². The lowest BCUT2D eigenvalue weighted by Crippen LogP contribution is -2.40. The van der Waals surface area contributed by atoms with Gasteiger partial charge in [-0.3, -0.25) is 4.79 Å². The summed E-state index contributed by atoms with van der Waals surface area (Å²) in [5.41, 5.74) is 3.82. The molecule has 0 aliphatic carbocycles. The van der Waals surface area contributed by atoms with Crippen LogP contribution in [-0.4, -0.2) is 23.2 Å². The first-order chi connectivity index (χ1) is 14.3. The molecule has 0 saturated carbocycles. The average molecular weight is 382 g/mol. The Balaban J connectivity index is 1.58. The molecular formula is C25H22N2O2. The van der Waals surface area contributed by atoms with Crippen LogP contribution in [0.25, 0.3) is 10.9 Å². The second kappa shape index (κ2) is 8.57. The lowest BCUT2D eigenvalue weighted by Gasteiger charge is -2.20. The standard InChI is InChI=1S/C25H22N2O2/c28-17-21(15-20-16-26-23-14-8-7-13-22(20)23)27-25(29)24(18-9-3-1-4-10-18)19-11-5-2-6-12-19/h1-14,16-17,21,24,26H,15H2,(H,27,29)/t21-/m0/s1. The van der Waals surface area contributed by atoms with Gasteiger partial charge in [0.05, 0.1) is 12.0 Å². The second-order valence-electron chi connectivity index (χ2n) is 7.07. The Morgan fingerprint density at radius 1 is 0.862 bits per heavy atom. The molecule has 144 valence electrons. The molecule has 3 aromatic carbocycles. The maximum atomic E-state index is 13.2. The number of fused-ring (bicyclic) bond motifs is 1. The molecule has 4 heteroatoms. The summed E-state index contributed by atoms with van der Waals surface area (Å²) >= 11 is 0. The number of hydrogen-bond acceptors (Lipinski definition) is 2. The summed E-state index contributed by atoms with van der Waals surface area (Å²) in [4.78, 5) is 28.2. The minimum atomic E-state index is -0.600. The van der Waals surface area contributed by atoms with Crippen LogP contribution in [0.15, 0.2) is 91.1 Å². The van der Waals surface area contributed by atoms with E-state index in [9.17, 15) is 9.59 Å². The van der Waals surface area contributed by atoms with E-state index in [-0.39, 0.29) is 5.91 Å². The highest BCUT2D eigenvalue weighted by molar-refractivity contribution is 5.89. The molecular weight excluding hydrogens is 360 g/mol. The smallest absolute Gasteiger partial charge is 0.232 e. The molecule has 0 aliphatic heterocycles. The van der Waals surface area contributed by atoms with Crippen molar-refractivity contribution in [1.29, 1.82) is 0 Å². The number of benzene rings is 3. The van der Waals surface area contributed by atoms with Gasteiger partial charge in [0.2, 0.25) is 5.91 Å². The average Bonchev–Trinajstić information content (AvgIpc) is 3.18. The molecule has 4 nitrogen and oxygen atoms in total. The van der Waals surface area contributed by atoms with Gasteiger partial charge in [-0.1, -0.05) is 78.9 Å². The van der Waals surface area contributed by atoms with Crippen LogP contribution in [0.3, 0.4) is 0 Å². The Hall–Kier alpha value is -3.66. The van der Waals surface area contributed by atoms with Crippen LogP contribution in [0.4, 0.5) is 0 Å². The largest absolute Gasteiger partial charge is 0.361 e. The van der Waals surface area contributed by atoms with E-state index in [1.807, 2.05) is 91.1 Å². The molecule has 4 aromatic rings. The monoisotopic (exact) mass is 382 g/mol. The number of hydrogen-bond donors (Lipinski definition) is 2. The Labute approximate surface area is 169 Å². The minimum Gasteiger partial charge on any atom is -0.361 e. The molecule has 1 heterocycles. The maximum absolute atomic E-state index is 13.2. The predicted octanol–water partition coefficient (Wildman–Crippen LogP) is 4.23. The van der Waals surface area contributed by atoms with Crippen LogP contribution in [0, 0.1) is 0 Å². The third-order valence-electron chi connectivity index (χ3n) is 5.13. The topological polar surface area (TPSA) is 62.0 Å². The number of aldehydes is 1.